The first-order chi connectivity index (χ1) is 24.3. The van der Waals surface area contributed by atoms with Gasteiger partial charge in [-0.1, -0.05) is 29.8 Å². The lowest BCUT2D eigenvalue weighted by molar-refractivity contribution is 0.00509. The zero-order chi connectivity index (χ0) is 38.1. The monoisotopic (exact) mass is 733 g/mol. The van der Waals surface area contributed by atoms with Crippen LogP contribution in [-0.4, -0.2) is 86.7 Å². The van der Waals surface area contributed by atoms with Crippen LogP contribution in [0.3, 0.4) is 0 Å². The Morgan fingerprint density at radius 2 is 1.52 bits per heavy atom. The Morgan fingerprint density at radius 1 is 0.885 bits per heavy atom. The number of hydrogen-bond donors (Lipinski definition) is 0. The van der Waals surface area contributed by atoms with Crippen molar-refractivity contribution >= 4 is 34.6 Å². The van der Waals surface area contributed by atoms with E-state index in [9.17, 15) is 9.59 Å². The molecule has 0 radical (unpaired) electrons. The van der Waals surface area contributed by atoms with Crippen molar-refractivity contribution in [2.24, 2.45) is 7.05 Å². The van der Waals surface area contributed by atoms with Gasteiger partial charge in [-0.15, -0.1) is 0 Å². The molecule has 1 aliphatic heterocycles. The number of aromatic nitrogens is 3. The number of benzene rings is 2. The summed E-state index contributed by atoms with van der Waals surface area (Å²) in [5.74, 6) is 0.440. The predicted molar refractivity (Wildman–Crippen MR) is 208 cm³/mol. The summed E-state index contributed by atoms with van der Waals surface area (Å²) in [5.41, 5.74) is 7.34. The lowest BCUT2D eigenvalue weighted by Gasteiger charge is -2.35. The molecule has 2 aromatic carbocycles. The molecule has 4 aromatic rings. The van der Waals surface area contributed by atoms with Crippen molar-refractivity contribution in [1.82, 2.24) is 24.1 Å². The first kappa shape index (κ1) is 39.2. The topological polar surface area (TPSA) is 91.1 Å². The second kappa shape index (κ2) is 15.5. The fourth-order valence-corrected chi connectivity index (χ4v) is 7.14. The zero-order valence-electron chi connectivity index (χ0n) is 32.9. The second-order valence-corrected chi connectivity index (χ2v) is 16.4. The van der Waals surface area contributed by atoms with Gasteiger partial charge in [0, 0.05) is 73.5 Å². The molecule has 0 bridgehead atoms. The van der Waals surface area contributed by atoms with Crippen molar-refractivity contribution in [3.63, 3.8) is 0 Å². The van der Waals surface area contributed by atoms with Crippen LogP contribution in [0.25, 0.3) is 22.0 Å². The van der Waals surface area contributed by atoms with E-state index >= 15 is 0 Å². The minimum absolute atomic E-state index is 0.280. The second-order valence-electron chi connectivity index (χ2n) is 16.0. The molecule has 10 nitrogen and oxygen atoms in total. The van der Waals surface area contributed by atoms with E-state index in [-0.39, 0.29) is 12.1 Å². The van der Waals surface area contributed by atoms with E-state index in [0.29, 0.717) is 64.4 Å². The normalized spacial score (nSPS) is 14.3. The first-order valence-electron chi connectivity index (χ1n) is 18.3. The third-order valence-electron chi connectivity index (χ3n) is 9.47. The number of nitrogens with zero attached hydrogens (tertiary/aromatic N) is 5. The molecule has 282 valence electrons. The Hall–Kier alpha value is -4.02. The molecule has 52 heavy (non-hydrogen) atoms. The molecule has 1 fully saturated rings. The summed E-state index contributed by atoms with van der Waals surface area (Å²) in [4.78, 5) is 31.2. The van der Waals surface area contributed by atoms with Gasteiger partial charge >= 0.3 is 12.1 Å². The number of aryl methyl sites for hydroxylation is 5. The van der Waals surface area contributed by atoms with Crippen molar-refractivity contribution < 1.29 is 23.8 Å². The number of ether oxygens (including phenoxy) is 3. The maximum atomic E-state index is 14.3. The Bertz CT molecular complexity index is 1920. The lowest BCUT2D eigenvalue weighted by atomic mass is 9.98. The summed E-state index contributed by atoms with van der Waals surface area (Å²) in [6, 6.07) is 10.2. The minimum atomic E-state index is -0.680. The van der Waals surface area contributed by atoms with Gasteiger partial charge in [0.1, 0.15) is 22.6 Å². The number of hydrogen-bond acceptors (Lipinski definition) is 7. The van der Waals surface area contributed by atoms with E-state index in [2.05, 4.69) is 34.6 Å². The maximum absolute atomic E-state index is 14.3. The van der Waals surface area contributed by atoms with E-state index in [1.165, 1.54) is 0 Å². The first-order valence-corrected chi connectivity index (χ1v) is 18.7. The van der Waals surface area contributed by atoms with E-state index in [4.69, 9.17) is 30.9 Å². The Balaban J connectivity index is 1.52. The zero-order valence-corrected chi connectivity index (χ0v) is 33.7. The van der Waals surface area contributed by atoms with E-state index < -0.39 is 11.2 Å². The number of carbonyl (C=O) groups is 2. The van der Waals surface area contributed by atoms with Gasteiger partial charge in [-0.05, 0) is 111 Å². The van der Waals surface area contributed by atoms with E-state index in [1.54, 1.807) is 4.90 Å². The number of rotatable bonds is 10. The van der Waals surface area contributed by atoms with Crippen molar-refractivity contribution in [3.8, 4) is 16.9 Å². The van der Waals surface area contributed by atoms with Gasteiger partial charge in [-0.2, -0.15) is 5.10 Å². The van der Waals surface area contributed by atoms with Crippen LogP contribution < -0.4 is 4.74 Å². The number of para-hydroxylation sites is 1. The predicted octanol–water partition coefficient (Wildman–Crippen LogP) is 8.45. The van der Waals surface area contributed by atoms with Crippen molar-refractivity contribution in [1.29, 1.82) is 0 Å². The lowest BCUT2D eigenvalue weighted by Crippen LogP contribution is -2.50. The molecule has 0 atom stereocenters. The van der Waals surface area contributed by atoms with Gasteiger partial charge in [-0.25, -0.2) is 9.59 Å². The standard InChI is InChI=1S/C41H56ClN5O5/c1-26-24-30(25-27(2)35(26)42)50-23-13-16-32-31-14-12-15-33(34-28(3)43-44(11)29(34)4)36(31)47(37(32)38(48)51-40(5,6)7)22-19-45-17-20-46(21-18-45)39(49)52-41(8,9)10/h12,14-15,24-25H,13,16-23H2,1-11H3. The molecule has 3 heterocycles. The number of amides is 1. The van der Waals surface area contributed by atoms with Crippen molar-refractivity contribution in [2.45, 2.75) is 99.8 Å². The molecular formula is C41H56ClN5O5. The van der Waals surface area contributed by atoms with Crippen molar-refractivity contribution in [3.05, 3.63) is 69.1 Å². The Labute approximate surface area is 313 Å². The molecule has 0 unspecified atom stereocenters. The summed E-state index contributed by atoms with van der Waals surface area (Å²) in [6.07, 6.45) is 1.03. The van der Waals surface area contributed by atoms with Gasteiger partial charge in [0.15, 0.2) is 0 Å². The van der Waals surface area contributed by atoms with E-state index in [0.717, 1.165) is 60.9 Å². The highest BCUT2D eigenvalue weighted by Gasteiger charge is 2.31. The van der Waals surface area contributed by atoms with Crippen LogP contribution in [0, 0.1) is 27.7 Å². The highest BCUT2D eigenvalue weighted by Crippen LogP contribution is 2.38. The number of halogens is 1. The third-order valence-corrected chi connectivity index (χ3v) is 10.1. The van der Waals surface area contributed by atoms with Gasteiger partial charge in [0.05, 0.1) is 17.8 Å². The highest BCUT2D eigenvalue weighted by atomic mass is 35.5. The summed E-state index contributed by atoms with van der Waals surface area (Å²) in [7, 11) is 1.96. The van der Waals surface area contributed by atoms with Crippen LogP contribution in [0.5, 0.6) is 5.75 Å². The number of fused-ring (bicyclic) bond motifs is 1. The van der Waals surface area contributed by atoms with Gasteiger partial charge in [0.25, 0.3) is 0 Å². The quantitative estimate of drug-likeness (QED) is 0.119. The van der Waals surface area contributed by atoms with Crippen LogP contribution in [0.15, 0.2) is 30.3 Å². The molecule has 1 aliphatic rings. The minimum Gasteiger partial charge on any atom is -0.494 e. The molecule has 5 rings (SSSR count). The third kappa shape index (κ3) is 8.94. The van der Waals surface area contributed by atoms with Crippen LogP contribution in [0.1, 0.15) is 86.5 Å². The highest BCUT2D eigenvalue weighted by molar-refractivity contribution is 6.32. The largest absolute Gasteiger partial charge is 0.494 e. The number of esters is 1. The molecule has 0 aliphatic carbocycles. The summed E-state index contributed by atoms with van der Waals surface area (Å²) in [6.45, 7) is 23.8. The van der Waals surface area contributed by atoms with E-state index in [1.807, 2.05) is 86.2 Å². The number of carbonyl (C=O) groups excluding carboxylic acids is 2. The maximum Gasteiger partial charge on any atom is 0.410 e. The van der Waals surface area contributed by atoms with Crippen LogP contribution in [0.4, 0.5) is 4.79 Å². The molecule has 1 amide bonds. The average Bonchev–Trinajstić information content (AvgIpc) is 3.50. The molecule has 0 N–H and O–H groups in total. The Morgan fingerprint density at radius 3 is 2.10 bits per heavy atom. The molecular weight excluding hydrogens is 678 g/mol. The molecule has 0 spiro atoms. The van der Waals surface area contributed by atoms with Crippen LogP contribution in [0.2, 0.25) is 5.02 Å². The van der Waals surface area contributed by atoms with Gasteiger partial charge in [0.2, 0.25) is 0 Å². The molecule has 11 heteroatoms. The average molecular weight is 734 g/mol. The Kier molecular flexibility index (Phi) is 11.7. The smallest absolute Gasteiger partial charge is 0.410 e. The summed E-state index contributed by atoms with van der Waals surface area (Å²) < 4.78 is 22.0. The molecule has 0 saturated carbocycles. The van der Waals surface area contributed by atoms with Crippen molar-refractivity contribution in [2.75, 3.05) is 39.3 Å². The van der Waals surface area contributed by atoms with Crippen LogP contribution in [-0.2, 0) is 29.5 Å². The molecule has 1 saturated heterocycles. The fraction of sp³-hybridized carbons (Fsp3) is 0.537. The van der Waals surface area contributed by atoms with Crippen LogP contribution >= 0.6 is 11.6 Å². The summed E-state index contributed by atoms with van der Waals surface area (Å²) >= 11 is 6.40. The fourth-order valence-electron chi connectivity index (χ4n) is 7.03. The number of piperazine rings is 1. The summed E-state index contributed by atoms with van der Waals surface area (Å²) in [5, 5.41) is 6.52. The van der Waals surface area contributed by atoms with Gasteiger partial charge in [-0.3, -0.25) is 9.58 Å². The SMILES string of the molecule is Cc1cc(OCCCc2c(C(=O)OC(C)(C)C)n(CCN3CCN(C(=O)OC(C)(C)C)CC3)c3c(-c4c(C)nn(C)c4C)cccc23)cc(C)c1Cl. The van der Waals surface area contributed by atoms with Gasteiger partial charge < -0.3 is 23.7 Å². The molecule has 2 aromatic heterocycles.